The lowest BCUT2D eigenvalue weighted by Gasteiger charge is -2.42. The van der Waals surface area contributed by atoms with Crippen LogP contribution in [0.4, 0.5) is 11.4 Å². The number of benzene rings is 3. The average molecular weight is 474 g/mol. The highest BCUT2D eigenvalue weighted by molar-refractivity contribution is 5.99. The van der Waals surface area contributed by atoms with Gasteiger partial charge in [-0.2, -0.15) is 0 Å². The van der Waals surface area contributed by atoms with E-state index in [1.807, 2.05) is 127 Å². The van der Waals surface area contributed by atoms with Crippen LogP contribution in [0.3, 0.4) is 0 Å². The molecule has 3 heterocycles. The molecule has 0 saturated heterocycles. The van der Waals surface area contributed by atoms with E-state index in [1.54, 1.807) is 4.57 Å². The molecule has 0 fully saturated rings. The van der Waals surface area contributed by atoms with Gasteiger partial charge in [-0.15, -0.1) is 0 Å². The fraction of sp³-hybridized carbons (Fsp3) is 0.0667. The monoisotopic (exact) mass is 473 g/mol. The largest absolute Gasteiger partial charge is 0.420 e. The molecule has 0 unspecified atom stereocenters. The molecule has 1 aliphatic heterocycles. The summed E-state index contributed by atoms with van der Waals surface area (Å²) in [6, 6.07) is 31.5. The van der Waals surface area contributed by atoms with Crippen molar-refractivity contribution in [3.05, 3.63) is 131 Å². The van der Waals surface area contributed by atoms with Crippen LogP contribution in [0.2, 0.25) is 0 Å². The van der Waals surface area contributed by atoms with E-state index in [0.717, 1.165) is 28.0 Å². The van der Waals surface area contributed by atoms with E-state index >= 15 is 0 Å². The normalized spacial score (nSPS) is 14.1. The van der Waals surface area contributed by atoms with Crippen molar-refractivity contribution in [3.63, 3.8) is 0 Å². The van der Waals surface area contributed by atoms with E-state index in [-0.39, 0.29) is 5.56 Å². The third-order valence-electron chi connectivity index (χ3n) is 6.36. The first-order chi connectivity index (χ1) is 17.6. The number of anilines is 2. The minimum atomic E-state index is -0.126. The number of ether oxygens (including phenoxy) is 1. The second-order valence-electron chi connectivity index (χ2n) is 8.73. The van der Waals surface area contributed by atoms with Gasteiger partial charge in [-0.1, -0.05) is 54.6 Å². The molecule has 2 aromatic heterocycles. The number of fused-ring (bicyclic) bond motifs is 3. The Kier molecular flexibility index (Phi) is 5.26. The molecule has 176 valence electrons. The number of aryl methyl sites for hydroxylation is 1. The third-order valence-corrected chi connectivity index (χ3v) is 6.36. The fourth-order valence-electron chi connectivity index (χ4n) is 4.58. The molecule has 6 heteroatoms. The number of nitrogens with zero attached hydrogens (tertiary/aromatic N) is 4. The lowest BCUT2D eigenvalue weighted by atomic mass is 10.1. The molecule has 0 atom stereocenters. The number of rotatable bonds is 3. The highest BCUT2D eigenvalue weighted by Gasteiger charge is 2.33. The zero-order valence-corrected chi connectivity index (χ0v) is 20.1. The molecule has 6 rings (SSSR count). The first-order valence-electron chi connectivity index (χ1n) is 11.8. The lowest BCUT2D eigenvalue weighted by molar-refractivity contribution is -0.671. The summed E-state index contributed by atoms with van der Waals surface area (Å²) in [6.07, 6.45) is 5.96. The summed E-state index contributed by atoms with van der Waals surface area (Å²) >= 11 is 0. The molecule has 0 N–H and O–H groups in total. The van der Waals surface area contributed by atoms with Gasteiger partial charge in [0.15, 0.2) is 12.4 Å². The van der Waals surface area contributed by atoms with Gasteiger partial charge < -0.3 is 4.74 Å². The molecule has 0 saturated carbocycles. The highest BCUT2D eigenvalue weighted by Crippen LogP contribution is 2.45. The zero-order chi connectivity index (χ0) is 24.6. The van der Waals surface area contributed by atoms with Crippen molar-refractivity contribution in [1.29, 1.82) is 0 Å². The number of hydrogen-bond acceptors (Lipinski definition) is 4. The van der Waals surface area contributed by atoms with Gasteiger partial charge in [0.2, 0.25) is 11.8 Å². The molecule has 5 aromatic rings. The molecule has 0 spiro atoms. The Morgan fingerprint density at radius 2 is 1.33 bits per heavy atom. The number of hydrazine groups is 1. The molecular weight excluding hydrogens is 448 g/mol. The molecular formula is C30H25N4O2+. The number of hydrogen-bond donors (Lipinski definition) is 0. The van der Waals surface area contributed by atoms with Crippen molar-refractivity contribution in [2.75, 3.05) is 12.1 Å². The molecule has 0 aliphatic carbocycles. The fourth-order valence-corrected chi connectivity index (χ4v) is 4.58. The van der Waals surface area contributed by atoms with Crippen molar-refractivity contribution >= 4 is 28.2 Å². The summed E-state index contributed by atoms with van der Waals surface area (Å²) in [4.78, 5) is 13.9. The predicted molar refractivity (Wildman–Crippen MR) is 142 cm³/mol. The van der Waals surface area contributed by atoms with E-state index in [4.69, 9.17) is 4.74 Å². The Balaban J connectivity index is 1.69. The average Bonchev–Trinajstić information content (AvgIpc) is 2.92. The van der Waals surface area contributed by atoms with Crippen molar-refractivity contribution < 1.29 is 9.30 Å². The SMILES string of the molecule is CN1/C(=C\c2cc[n+](C)cc2)Oc2c(c3ccccc3c(=O)n2-c2ccccc2)N1c1ccccc1. The van der Waals surface area contributed by atoms with Gasteiger partial charge in [0.1, 0.15) is 12.7 Å². The summed E-state index contributed by atoms with van der Waals surface area (Å²) in [5.41, 5.74) is 3.37. The van der Waals surface area contributed by atoms with Crippen molar-refractivity contribution in [2.45, 2.75) is 0 Å². The summed E-state index contributed by atoms with van der Waals surface area (Å²) in [5, 5.41) is 5.54. The van der Waals surface area contributed by atoms with E-state index in [2.05, 4.69) is 17.1 Å². The van der Waals surface area contributed by atoms with Gasteiger partial charge >= 0.3 is 0 Å². The summed E-state index contributed by atoms with van der Waals surface area (Å²) in [5.74, 6) is 1.07. The third kappa shape index (κ3) is 3.60. The van der Waals surface area contributed by atoms with Crippen LogP contribution in [-0.2, 0) is 7.05 Å². The Bertz CT molecular complexity index is 1640. The van der Waals surface area contributed by atoms with Gasteiger partial charge in [-0.05, 0) is 35.9 Å². The second-order valence-corrected chi connectivity index (χ2v) is 8.73. The maximum absolute atomic E-state index is 13.9. The van der Waals surface area contributed by atoms with E-state index in [0.29, 0.717) is 17.1 Å². The van der Waals surface area contributed by atoms with Crippen LogP contribution in [0.5, 0.6) is 5.88 Å². The van der Waals surface area contributed by atoms with E-state index in [1.165, 1.54) is 0 Å². The standard InChI is InChI=1S/C30H25N4O2/c1-31-19-17-22(18-20-31)21-27-32(2)34(24-13-7-4-8-14-24)28-25-15-9-10-16-26(25)29(35)33(30(28)36-27)23-11-5-3-6-12-23/h3-21H,1-2H3/q+1. The molecule has 36 heavy (non-hydrogen) atoms. The van der Waals surface area contributed by atoms with Gasteiger partial charge in [0.25, 0.3) is 5.56 Å². The van der Waals surface area contributed by atoms with Crippen LogP contribution in [0.15, 0.2) is 120 Å². The van der Waals surface area contributed by atoms with Gasteiger partial charge in [0, 0.05) is 36.0 Å². The lowest BCUT2D eigenvalue weighted by Crippen LogP contribution is -2.42. The first-order valence-corrected chi connectivity index (χ1v) is 11.8. The smallest absolute Gasteiger partial charge is 0.265 e. The van der Waals surface area contributed by atoms with Crippen molar-refractivity contribution in [3.8, 4) is 11.6 Å². The topological polar surface area (TPSA) is 41.6 Å². The number of aromatic nitrogens is 2. The van der Waals surface area contributed by atoms with Crippen molar-refractivity contribution in [2.24, 2.45) is 7.05 Å². The molecule has 0 amide bonds. The van der Waals surface area contributed by atoms with Crippen LogP contribution in [-0.4, -0.2) is 16.6 Å². The molecule has 0 radical (unpaired) electrons. The summed E-state index contributed by atoms with van der Waals surface area (Å²) in [7, 11) is 3.95. The Hall–Kier alpha value is -4.84. The minimum Gasteiger partial charge on any atom is -0.420 e. The zero-order valence-electron chi connectivity index (χ0n) is 20.1. The Morgan fingerprint density at radius 1 is 0.750 bits per heavy atom. The van der Waals surface area contributed by atoms with Gasteiger partial charge in [-0.3, -0.25) is 9.80 Å². The molecule has 0 bridgehead atoms. The van der Waals surface area contributed by atoms with Crippen LogP contribution in [0.25, 0.3) is 22.5 Å². The maximum atomic E-state index is 13.9. The molecule has 1 aliphatic rings. The Labute approximate surface area is 209 Å². The molecule has 3 aromatic carbocycles. The second kappa shape index (κ2) is 8.74. The molecule has 6 nitrogen and oxygen atoms in total. The number of para-hydroxylation sites is 2. The first kappa shape index (κ1) is 21.7. The van der Waals surface area contributed by atoms with Crippen LogP contribution < -0.4 is 19.9 Å². The summed E-state index contributed by atoms with van der Waals surface area (Å²) in [6.45, 7) is 0. The highest BCUT2D eigenvalue weighted by atomic mass is 16.5. The quantitative estimate of drug-likeness (QED) is 0.338. The van der Waals surface area contributed by atoms with Crippen LogP contribution in [0.1, 0.15) is 5.56 Å². The van der Waals surface area contributed by atoms with Crippen LogP contribution >= 0.6 is 0 Å². The van der Waals surface area contributed by atoms with Gasteiger partial charge in [-0.25, -0.2) is 14.1 Å². The maximum Gasteiger partial charge on any atom is 0.265 e. The summed E-state index contributed by atoms with van der Waals surface area (Å²) < 4.78 is 10.3. The Morgan fingerprint density at radius 3 is 2.00 bits per heavy atom. The van der Waals surface area contributed by atoms with Gasteiger partial charge in [0.05, 0.1) is 11.4 Å². The van der Waals surface area contributed by atoms with Crippen LogP contribution in [0, 0.1) is 0 Å². The van der Waals surface area contributed by atoms with Crippen molar-refractivity contribution in [1.82, 2.24) is 9.58 Å². The van der Waals surface area contributed by atoms with E-state index < -0.39 is 0 Å². The minimum absolute atomic E-state index is 0.126. The number of pyridine rings is 2. The van der Waals surface area contributed by atoms with E-state index in [9.17, 15) is 4.79 Å². The predicted octanol–water partition coefficient (Wildman–Crippen LogP) is 5.19.